The Bertz CT molecular complexity index is 539. The predicted molar refractivity (Wildman–Crippen MR) is 126 cm³/mol. The van der Waals surface area contributed by atoms with Crippen molar-refractivity contribution in [3.63, 3.8) is 0 Å². The fraction of sp³-hybridized carbons (Fsp3) is 1.00. The molecular weight excluding hydrogens is 376 g/mol. The van der Waals surface area contributed by atoms with Gasteiger partial charge in [-0.15, -0.1) is 0 Å². The molecule has 3 saturated carbocycles. The monoisotopic (exact) mass is 424 g/mol. The normalized spacial score (nSPS) is 47.9. The number of aliphatic hydroxyl groups is 1. The van der Waals surface area contributed by atoms with E-state index < -0.39 is 0 Å². The fourth-order valence-electron chi connectivity index (χ4n) is 8.35. The van der Waals surface area contributed by atoms with E-state index in [1.807, 2.05) is 6.26 Å². The van der Waals surface area contributed by atoms with Crippen molar-refractivity contribution in [2.45, 2.75) is 111 Å². The zero-order valence-corrected chi connectivity index (χ0v) is 21.0. The van der Waals surface area contributed by atoms with Crippen molar-refractivity contribution >= 4 is 12.0 Å². The van der Waals surface area contributed by atoms with Gasteiger partial charge in [0.15, 0.2) is 0 Å². The third-order valence-corrected chi connectivity index (χ3v) is 11.0. The molecule has 0 saturated heterocycles. The van der Waals surface area contributed by atoms with E-state index in [2.05, 4.69) is 34.6 Å². The lowest BCUT2D eigenvalue weighted by Crippen LogP contribution is -2.51. The molecule has 8 atom stereocenters. The van der Waals surface area contributed by atoms with Crippen LogP contribution in [-0.4, -0.2) is 24.1 Å². The van der Waals surface area contributed by atoms with Crippen LogP contribution in [0.4, 0.5) is 0 Å². The summed E-state index contributed by atoms with van der Waals surface area (Å²) in [4.78, 5) is 0. The Morgan fingerprint density at radius 1 is 1.07 bits per heavy atom. The second kappa shape index (κ2) is 9.41. The van der Waals surface area contributed by atoms with Crippen molar-refractivity contribution in [3.05, 3.63) is 0 Å². The van der Waals surface area contributed by atoms with Crippen LogP contribution in [0.25, 0.3) is 0 Å². The van der Waals surface area contributed by atoms with Gasteiger partial charge < -0.3 is 9.29 Å². The summed E-state index contributed by atoms with van der Waals surface area (Å²) in [7, 11) is 0. The summed E-state index contributed by atoms with van der Waals surface area (Å²) in [5.41, 5.74) is 1.36. The van der Waals surface area contributed by atoms with Crippen molar-refractivity contribution in [2.24, 2.45) is 39.9 Å². The van der Waals surface area contributed by atoms with Crippen molar-refractivity contribution in [1.29, 1.82) is 0 Å². The van der Waals surface area contributed by atoms with Gasteiger partial charge in [-0.05, 0) is 116 Å². The molecule has 0 aromatic carbocycles. The number of hydrogen-bond donors (Lipinski definition) is 1. The molecule has 3 heteroatoms. The van der Waals surface area contributed by atoms with Gasteiger partial charge in [0.2, 0.25) is 0 Å². The van der Waals surface area contributed by atoms with E-state index in [0.717, 1.165) is 43.1 Å². The molecule has 170 valence electrons. The lowest BCUT2D eigenvalue weighted by Gasteiger charge is -2.59. The van der Waals surface area contributed by atoms with Crippen LogP contribution in [0.5, 0.6) is 0 Å². The smallest absolute Gasteiger partial charge is 0.0613 e. The van der Waals surface area contributed by atoms with E-state index >= 15 is 0 Å². The van der Waals surface area contributed by atoms with Crippen LogP contribution in [-0.2, 0) is 4.18 Å². The molecule has 0 radical (unpaired) electrons. The third kappa shape index (κ3) is 4.31. The van der Waals surface area contributed by atoms with Crippen LogP contribution in [0.1, 0.15) is 105 Å². The molecule has 0 aromatic heterocycles. The Morgan fingerprint density at radius 3 is 2.48 bits per heavy atom. The van der Waals surface area contributed by atoms with Gasteiger partial charge in [0.1, 0.15) is 0 Å². The van der Waals surface area contributed by atoms with Crippen LogP contribution in [0.3, 0.4) is 0 Å². The summed E-state index contributed by atoms with van der Waals surface area (Å²) in [5.74, 6) is 3.24. The SMILES string of the molecule is CC[C@H]1CC(C2(C)CC[C@H](CCCOSC)C2(C)CC)CC2(C)CC[C@@H](O)CC12. The highest BCUT2D eigenvalue weighted by atomic mass is 32.2. The van der Waals surface area contributed by atoms with Gasteiger partial charge in [-0.1, -0.05) is 41.0 Å². The number of hydrogen-bond acceptors (Lipinski definition) is 3. The standard InChI is InChI=1S/C26H48O2S/c1-7-19-16-21(18-24(3)13-12-22(27)17-23(19)24)26(5)14-11-20(25(26,4)8-2)10-9-15-28-29-6/h19-23,27H,7-18H2,1-6H3/t19-,20-,21?,22+,23?,24?,25?,26?/m0/s1. The maximum Gasteiger partial charge on any atom is 0.0613 e. The van der Waals surface area contributed by atoms with Gasteiger partial charge in [0.05, 0.1) is 12.7 Å². The van der Waals surface area contributed by atoms with E-state index in [0.29, 0.717) is 16.2 Å². The van der Waals surface area contributed by atoms with E-state index in [-0.39, 0.29) is 6.10 Å². The Labute approximate surface area is 185 Å². The average molecular weight is 425 g/mol. The first-order valence-corrected chi connectivity index (χ1v) is 13.7. The second-order valence-electron chi connectivity index (χ2n) is 11.5. The Morgan fingerprint density at radius 2 is 1.83 bits per heavy atom. The van der Waals surface area contributed by atoms with Gasteiger partial charge in [-0.2, -0.15) is 0 Å². The molecule has 2 nitrogen and oxygen atoms in total. The highest BCUT2D eigenvalue weighted by Gasteiger charge is 2.59. The summed E-state index contributed by atoms with van der Waals surface area (Å²) in [6.07, 6.45) is 16.0. The molecule has 3 rings (SSSR count). The fourth-order valence-corrected chi connectivity index (χ4v) is 8.63. The molecule has 0 heterocycles. The molecule has 3 aliphatic rings. The van der Waals surface area contributed by atoms with Crippen LogP contribution in [0.2, 0.25) is 0 Å². The molecular formula is C26H48O2S. The largest absolute Gasteiger partial charge is 0.393 e. The zero-order valence-electron chi connectivity index (χ0n) is 20.1. The molecule has 0 spiro atoms. The minimum Gasteiger partial charge on any atom is -0.393 e. The quantitative estimate of drug-likeness (QED) is 0.323. The average Bonchev–Trinajstić information content (AvgIpc) is 2.97. The Kier molecular flexibility index (Phi) is 7.76. The van der Waals surface area contributed by atoms with Crippen molar-refractivity contribution in [2.75, 3.05) is 12.9 Å². The van der Waals surface area contributed by atoms with Crippen molar-refractivity contribution in [1.82, 2.24) is 0 Å². The first-order valence-electron chi connectivity index (χ1n) is 12.6. The Hall–Kier alpha value is 0.270. The van der Waals surface area contributed by atoms with Gasteiger partial charge in [0, 0.05) is 6.26 Å². The van der Waals surface area contributed by atoms with Crippen molar-refractivity contribution < 1.29 is 9.29 Å². The van der Waals surface area contributed by atoms with Crippen LogP contribution in [0, 0.1) is 39.9 Å². The second-order valence-corrected chi connectivity index (χ2v) is 12.1. The van der Waals surface area contributed by atoms with Crippen LogP contribution in [0.15, 0.2) is 0 Å². The first kappa shape index (κ1) is 23.9. The lowest BCUT2D eigenvalue weighted by atomic mass is 9.46. The number of fused-ring (bicyclic) bond motifs is 1. The summed E-state index contributed by atoms with van der Waals surface area (Å²) < 4.78 is 5.57. The molecule has 0 aliphatic heterocycles. The maximum atomic E-state index is 10.4. The van der Waals surface area contributed by atoms with Gasteiger partial charge >= 0.3 is 0 Å². The summed E-state index contributed by atoms with van der Waals surface area (Å²) in [5, 5.41) is 10.4. The van der Waals surface area contributed by atoms with Crippen LogP contribution < -0.4 is 0 Å². The van der Waals surface area contributed by atoms with E-state index in [9.17, 15) is 5.11 Å². The molecule has 0 amide bonds. The number of aliphatic hydroxyl groups excluding tert-OH is 1. The van der Waals surface area contributed by atoms with E-state index in [1.54, 1.807) is 0 Å². The molecule has 5 unspecified atom stereocenters. The highest BCUT2D eigenvalue weighted by Crippen LogP contribution is 2.68. The molecule has 3 fully saturated rings. The van der Waals surface area contributed by atoms with Crippen LogP contribution >= 0.6 is 12.0 Å². The first-order chi connectivity index (χ1) is 13.7. The molecule has 1 N–H and O–H groups in total. The Balaban J connectivity index is 1.79. The molecule has 0 aromatic rings. The van der Waals surface area contributed by atoms with Crippen molar-refractivity contribution in [3.8, 4) is 0 Å². The molecule has 29 heavy (non-hydrogen) atoms. The minimum absolute atomic E-state index is 0.0467. The zero-order chi connectivity index (χ0) is 21.3. The summed E-state index contributed by atoms with van der Waals surface area (Å²) in [6, 6.07) is 0. The summed E-state index contributed by atoms with van der Waals surface area (Å²) >= 11 is 1.51. The van der Waals surface area contributed by atoms with Gasteiger partial charge in [-0.3, -0.25) is 0 Å². The lowest BCUT2D eigenvalue weighted by molar-refractivity contribution is -0.108. The highest BCUT2D eigenvalue weighted by molar-refractivity contribution is 7.93. The third-order valence-electron chi connectivity index (χ3n) is 10.6. The van der Waals surface area contributed by atoms with Gasteiger partial charge in [0.25, 0.3) is 0 Å². The van der Waals surface area contributed by atoms with E-state index in [1.165, 1.54) is 69.8 Å². The summed E-state index contributed by atoms with van der Waals surface area (Å²) in [6.45, 7) is 13.7. The topological polar surface area (TPSA) is 29.5 Å². The predicted octanol–water partition coefficient (Wildman–Crippen LogP) is 7.50. The maximum absolute atomic E-state index is 10.4. The number of rotatable bonds is 8. The molecule has 3 aliphatic carbocycles. The van der Waals surface area contributed by atoms with E-state index in [4.69, 9.17) is 4.18 Å². The van der Waals surface area contributed by atoms with Gasteiger partial charge in [-0.25, -0.2) is 0 Å². The minimum atomic E-state index is -0.0467. The molecule has 0 bridgehead atoms.